The van der Waals surface area contributed by atoms with E-state index < -0.39 is 0 Å². The number of aryl methyl sites for hydroxylation is 2. The first kappa shape index (κ1) is 12.1. The van der Waals surface area contributed by atoms with Crippen molar-refractivity contribution in [3.8, 4) is 0 Å². The summed E-state index contributed by atoms with van der Waals surface area (Å²) in [5, 5.41) is 10.7. The van der Waals surface area contributed by atoms with Crippen LogP contribution in [-0.4, -0.2) is 33.3 Å². The molecule has 2 aromatic heterocycles. The first-order valence-corrected chi connectivity index (χ1v) is 5.26. The Labute approximate surface area is 103 Å². The zero-order valence-electron chi connectivity index (χ0n) is 10.3. The largest absolute Gasteiger partial charge is 0.379 e. The molecule has 0 saturated carbocycles. The summed E-state index contributed by atoms with van der Waals surface area (Å²) in [5.41, 5.74) is 7.08. The van der Waals surface area contributed by atoms with Crippen molar-refractivity contribution in [1.29, 1.82) is 0 Å². The number of aromatic nitrogens is 3. The minimum absolute atomic E-state index is 0.00394. The number of anilines is 1. The first-order valence-electron chi connectivity index (χ1n) is 5.26. The molecule has 0 aromatic carbocycles. The average Bonchev–Trinajstić information content (AvgIpc) is 2.88. The van der Waals surface area contributed by atoms with Gasteiger partial charge < -0.3 is 15.2 Å². The molecule has 0 aliphatic carbocycles. The van der Waals surface area contributed by atoms with Crippen LogP contribution in [0.15, 0.2) is 9.15 Å². The highest BCUT2D eigenvalue weighted by atomic mass is 16.6. The number of amides is 1. The zero-order chi connectivity index (χ0) is 13.3. The Morgan fingerprint density at radius 1 is 1.33 bits per heavy atom. The van der Waals surface area contributed by atoms with Gasteiger partial charge in [-0.15, -0.1) is 0 Å². The molecule has 0 spiro atoms. The fraction of sp³-hybridized carbons (Fsp3) is 0.400. The number of nitrogen functional groups attached to an aromatic ring is 1. The number of rotatable bonds is 3. The zero-order valence-corrected chi connectivity index (χ0v) is 10.3. The molecule has 2 rings (SSSR count). The van der Waals surface area contributed by atoms with Crippen molar-refractivity contribution in [2.24, 2.45) is 0 Å². The van der Waals surface area contributed by atoms with Crippen LogP contribution in [0, 0.1) is 13.8 Å². The van der Waals surface area contributed by atoms with E-state index >= 15 is 0 Å². The molecule has 0 atom stereocenters. The molecule has 0 aliphatic heterocycles. The molecule has 0 radical (unpaired) electrons. The second kappa shape index (κ2) is 4.47. The van der Waals surface area contributed by atoms with Gasteiger partial charge in [-0.05, 0) is 24.2 Å². The summed E-state index contributed by atoms with van der Waals surface area (Å²) >= 11 is 0. The molecule has 96 valence electrons. The minimum atomic E-state index is -0.367. The molecule has 0 bridgehead atoms. The highest BCUT2D eigenvalue weighted by molar-refractivity contribution is 5.95. The SMILES string of the molecule is Cc1noc(C)c1CN(C)C(=O)c1nonc1N. The van der Waals surface area contributed by atoms with Crippen LogP contribution in [0.4, 0.5) is 5.82 Å². The Morgan fingerprint density at radius 2 is 2.06 bits per heavy atom. The summed E-state index contributed by atoms with van der Waals surface area (Å²) in [6.45, 7) is 3.96. The lowest BCUT2D eigenvalue weighted by Crippen LogP contribution is -2.27. The van der Waals surface area contributed by atoms with Gasteiger partial charge in [0.2, 0.25) is 11.5 Å². The van der Waals surface area contributed by atoms with Gasteiger partial charge in [0.1, 0.15) is 5.76 Å². The van der Waals surface area contributed by atoms with Crippen LogP contribution in [0.2, 0.25) is 0 Å². The summed E-state index contributed by atoms with van der Waals surface area (Å²) in [6, 6.07) is 0. The average molecular weight is 251 g/mol. The van der Waals surface area contributed by atoms with Crippen LogP contribution in [-0.2, 0) is 6.54 Å². The highest BCUT2D eigenvalue weighted by Crippen LogP contribution is 2.16. The predicted molar refractivity (Wildman–Crippen MR) is 60.5 cm³/mol. The third-order valence-electron chi connectivity index (χ3n) is 2.64. The third-order valence-corrected chi connectivity index (χ3v) is 2.64. The second-order valence-corrected chi connectivity index (χ2v) is 3.96. The van der Waals surface area contributed by atoms with E-state index in [0.29, 0.717) is 12.3 Å². The highest BCUT2D eigenvalue weighted by Gasteiger charge is 2.22. The molecule has 18 heavy (non-hydrogen) atoms. The molecule has 0 unspecified atom stereocenters. The number of hydrogen-bond donors (Lipinski definition) is 1. The summed E-state index contributed by atoms with van der Waals surface area (Å²) in [6.07, 6.45) is 0. The maximum Gasteiger partial charge on any atom is 0.280 e. The quantitative estimate of drug-likeness (QED) is 0.846. The van der Waals surface area contributed by atoms with Gasteiger partial charge in [-0.1, -0.05) is 5.16 Å². The van der Waals surface area contributed by atoms with E-state index in [0.717, 1.165) is 11.3 Å². The van der Waals surface area contributed by atoms with E-state index in [2.05, 4.69) is 20.1 Å². The van der Waals surface area contributed by atoms with Crippen LogP contribution in [0.5, 0.6) is 0 Å². The maximum atomic E-state index is 12.0. The molecule has 1 amide bonds. The van der Waals surface area contributed by atoms with Gasteiger partial charge in [0.25, 0.3) is 5.91 Å². The van der Waals surface area contributed by atoms with E-state index in [-0.39, 0.29) is 17.4 Å². The molecule has 0 saturated heterocycles. The Hall–Kier alpha value is -2.38. The molecule has 2 N–H and O–H groups in total. The lowest BCUT2D eigenvalue weighted by molar-refractivity contribution is 0.0774. The van der Waals surface area contributed by atoms with Crippen LogP contribution in [0.3, 0.4) is 0 Å². The monoisotopic (exact) mass is 251 g/mol. The number of hydrogen-bond acceptors (Lipinski definition) is 7. The fourth-order valence-corrected chi connectivity index (χ4v) is 1.56. The van der Waals surface area contributed by atoms with Crippen LogP contribution < -0.4 is 5.73 Å². The van der Waals surface area contributed by atoms with Crippen LogP contribution >= 0.6 is 0 Å². The van der Waals surface area contributed by atoms with Gasteiger partial charge in [0, 0.05) is 12.6 Å². The van der Waals surface area contributed by atoms with Crippen molar-refractivity contribution in [2.75, 3.05) is 12.8 Å². The second-order valence-electron chi connectivity index (χ2n) is 3.96. The Bertz CT molecular complexity index is 554. The summed E-state index contributed by atoms with van der Waals surface area (Å²) in [7, 11) is 1.63. The summed E-state index contributed by atoms with van der Waals surface area (Å²) < 4.78 is 9.43. The number of carbonyl (C=O) groups excluding carboxylic acids is 1. The molecule has 2 aromatic rings. The molecule has 8 nitrogen and oxygen atoms in total. The smallest absolute Gasteiger partial charge is 0.280 e. The molecular formula is C10H13N5O3. The van der Waals surface area contributed by atoms with Gasteiger partial charge in [-0.25, -0.2) is 4.63 Å². The first-order chi connectivity index (χ1) is 8.50. The van der Waals surface area contributed by atoms with Gasteiger partial charge in [0.15, 0.2) is 0 Å². The fourth-order valence-electron chi connectivity index (χ4n) is 1.56. The topological polar surface area (TPSA) is 111 Å². The lowest BCUT2D eigenvalue weighted by atomic mass is 10.2. The number of carbonyl (C=O) groups is 1. The van der Waals surface area contributed by atoms with Gasteiger partial charge >= 0.3 is 0 Å². The van der Waals surface area contributed by atoms with Crippen molar-refractivity contribution in [3.63, 3.8) is 0 Å². The molecule has 0 fully saturated rings. The van der Waals surface area contributed by atoms with E-state index in [1.54, 1.807) is 14.0 Å². The molecule has 8 heteroatoms. The van der Waals surface area contributed by atoms with Crippen molar-refractivity contribution < 1.29 is 13.9 Å². The van der Waals surface area contributed by atoms with E-state index in [1.165, 1.54) is 4.90 Å². The van der Waals surface area contributed by atoms with Crippen molar-refractivity contribution in [1.82, 2.24) is 20.4 Å². The number of nitrogens with zero attached hydrogens (tertiary/aromatic N) is 4. The summed E-state index contributed by atoms with van der Waals surface area (Å²) in [4.78, 5) is 13.5. The minimum Gasteiger partial charge on any atom is -0.379 e. The lowest BCUT2D eigenvalue weighted by Gasteiger charge is -2.15. The van der Waals surface area contributed by atoms with Gasteiger partial charge in [-0.3, -0.25) is 4.79 Å². The van der Waals surface area contributed by atoms with E-state index in [4.69, 9.17) is 10.3 Å². The summed E-state index contributed by atoms with van der Waals surface area (Å²) in [5.74, 6) is 0.290. The Morgan fingerprint density at radius 3 is 2.56 bits per heavy atom. The van der Waals surface area contributed by atoms with Crippen molar-refractivity contribution in [2.45, 2.75) is 20.4 Å². The number of nitrogens with two attached hydrogens (primary N) is 1. The Balaban J connectivity index is 2.16. The van der Waals surface area contributed by atoms with Crippen molar-refractivity contribution >= 4 is 11.7 Å². The normalized spacial score (nSPS) is 10.6. The van der Waals surface area contributed by atoms with Gasteiger partial charge in [0.05, 0.1) is 12.2 Å². The molecular weight excluding hydrogens is 238 g/mol. The van der Waals surface area contributed by atoms with E-state index in [1.807, 2.05) is 6.92 Å². The van der Waals surface area contributed by atoms with Crippen LogP contribution in [0.25, 0.3) is 0 Å². The van der Waals surface area contributed by atoms with Crippen LogP contribution in [0.1, 0.15) is 27.5 Å². The maximum absolute atomic E-state index is 12.0. The predicted octanol–water partition coefficient (Wildman–Crippen LogP) is 0.529. The Kier molecular flexibility index (Phi) is 3.00. The van der Waals surface area contributed by atoms with Crippen molar-refractivity contribution in [3.05, 3.63) is 22.7 Å². The standard InChI is InChI=1S/C10H13N5O3/c1-5-7(6(2)17-12-5)4-15(3)10(16)8-9(11)14-18-13-8/h4H2,1-3H3,(H2,11,14). The third kappa shape index (κ3) is 2.04. The molecule has 2 heterocycles. The van der Waals surface area contributed by atoms with E-state index in [9.17, 15) is 4.79 Å². The molecule has 0 aliphatic rings. The van der Waals surface area contributed by atoms with Gasteiger partial charge in [-0.2, -0.15) is 0 Å².